The molecule has 1 fully saturated rings. The molecule has 3 aromatic carbocycles. The van der Waals surface area contributed by atoms with E-state index in [1.165, 1.54) is 27.9 Å². The van der Waals surface area contributed by atoms with E-state index in [0.717, 1.165) is 49.4 Å². The molecule has 0 unspecified atom stereocenters. The lowest BCUT2D eigenvalue weighted by Crippen LogP contribution is -2.33. The standard InChI is InChI=1S/C29H30N2O2S/c32-28(33)18-20-6-8-21(9-7-20)22-10-12-23(13-11-22)24-14-15-27-25(19-24)16-17-31(27)29(34)30-26-4-2-1-3-5-26/h1-5,10-15,19-21H,6-9,16-18H2,(H,30,34)(H,32,33)/t20-,21-. The molecule has 0 bridgehead atoms. The Morgan fingerprint density at radius 2 is 1.65 bits per heavy atom. The molecule has 0 radical (unpaired) electrons. The number of carbonyl (C=O) groups is 1. The summed E-state index contributed by atoms with van der Waals surface area (Å²) in [5, 5.41) is 13.1. The van der Waals surface area contributed by atoms with E-state index in [9.17, 15) is 4.79 Å². The van der Waals surface area contributed by atoms with Crippen molar-refractivity contribution in [3.8, 4) is 11.1 Å². The molecule has 1 aliphatic carbocycles. The van der Waals surface area contributed by atoms with Crippen LogP contribution in [0.4, 0.5) is 11.4 Å². The fourth-order valence-corrected chi connectivity index (χ4v) is 5.71. The van der Waals surface area contributed by atoms with Crippen LogP contribution in [0.1, 0.15) is 49.1 Å². The van der Waals surface area contributed by atoms with Crippen molar-refractivity contribution < 1.29 is 9.90 Å². The second-order valence-electron chi connectivity index (χ2n) is 9.48. The highest BCUT2D eigenvalue weighted by Gasteiger charge is 2.25. The van der Waals surface area contributed by atoms with Gasteiger partial charge in [-0.25, -0.2) is 0 Å². The van der Waals surface area contributed by atoms with Crippen molar-refractivity contribution in [1.29, 1.82) is 0 Å². The number of carboxylic acid groups (broad SMARTS) is 1. The number of rotatable bonds is 5. The van der Waals surface area contributed by atoms with Crippen LogP contribution in [-0.4, -0.2) is 22.7 Å². The third kappa shape index (κ3) is 5.00. The summed E-state index contributed by atoms with van der Waals surface area (Å²) in [6.45, 7) is 0.890. The summed E-state index contributed by atoms with van der Waals surface area (Å²) in [5.74, 6) is 0.222. The first-order chi connectivity index (χ1) is 16.6. The Labute approximate surface area is 206 Å². The summed E-state index contributed by atoms with van der Waals surface area (Å²) in [6, 6.07) is 25.7. The molecule has 34 heavy (non-hydrogen) atoms. The third-order valence-corrected chi connectivity index (χ3v) is 7.59. The highest BCUT2D eigenvalue weighted by Crippen LogP contribution is 2.38. The van der Waals surface area contributed by atoms with E-state index in [4.69, 9.17) is 17.3 Å². The summed E-state index contributed by atoms with van der Waals surface area (Å²) >= 11 is 5.69. The zero-order valence-corrected chi connectivity index (χ0v) is 20.1. The third-order valence-electron chi connectivity index (χ3n) is 7.27. The van der Waals surface area contributed by atoms with Crippen molar-refractivity contribution in [2.75, 3.05) is 16.8 Å². The maximum absolute atomic E-state index is 11.0. The van der Waals surface area contributed by atoms with Gasteiger partial charge in [-0.15, -0.1) is 0 Å². The van der Waals surface area contributed by atoms with Gasteiger partial charge >= 0.3 is 5.97 Å². The first kappa shape index (κ1) is 22.6. The van der Waals surface area contributed by atoms with E-state index in [2.05, 4.69) is 52.7 Å². The van der Waals surface area contributed by atoms with Crippen molar-refractivity contribution in [2.24, 2.45) is 5.92 Å². The maximum atomic E-state index is 11.0. The van der Waals surface area contributed by atoms with Gasteiger partial charge in [0.25, 0.3) is 0 Å². The molecule has 4 nitrogen and oxygen atoms in total. The van der Waals surface area contributed by atoms with Crippen LogP contribution in [0.25, 0.3) is 11.1 Å². The fraction of sp³-hybridized carbons (Fsp3) is 0.310. The molecular formula is C29H30N2O2S. The second kappa shape index (κ2) is 9.98. The molecule has 0 saturated heterocycles. The van der Waals surface area contributed by atoms with Gasteiger partial charge in [-0.05, 0) is 103 Å². The minimum Gasteiger partial charge on any atom is -0.481 e. The number of hydrogen-bond acceptors (Lipinski definition) is 2. The Morgan fingerprint density at radius 1 is 0.941 bits per heavy atom. The summed E-state index contributed by atoms with van der Waals surface area (Å²) in [4.78, 5) is 13.2. The highest BCUT2D eigenvalue weighted by atomic mass is 32.1. The molecule has 0 atom stereocenters. The van der Waals surface area contributed by atoms with E-state index in [1.54, 1.807) is 0 Å². The van der Waals surface area contributed by atoms with Crippen LogP contribution in [-0.2, 0) is 11.2 Å². The van der Waals surface area contributed by atoms with Crippen LogP contribution in [0.5, 0.6) is 0 Å². The molecule has 1 aliphatic heterocycles. The molecule has 0 spiro atoms. The summed E-state index contributed by atoms with van der Waals surface area (Å²) in [6.07, 6.45) is 5.50. The number of nitrogens with zero attached hydrogens (tertiary/aromatic N) is 1. The van der Waals surface area contributed by atoms with Gasteiger partial charge in [0.05, 0.1) is 0 Å². The van der Waals surface area contributed by atoms with Gasteiger partial charge in [-0.3, -0.25) is 4.79 Å². The summed E-state index contributed by atoms with van der Waals surface area (Å²) < 4.78 is 0. The average Bonchev–Trinajstić information content (AvgIpc) is 3.28. The van der Waals surface area contributed by atoms with Gasteiger partial charge in [0.1, 0.15) is 0 Å². The highest BCUT2D eigenvalue weighted by molar-refractivity contribution is 7.80. The molecular weight excluding hydrogens is 440 g/mol. The van der Waals surface area contributed by atoms with E-state index < -0.39 is 5.97 Å². The number of thiocarbonyl (C=S) groups is 1. The normalized spacial score (nSPS) is 19.5. The Kier molecular flexibility index (Phi) is 6.63. The molecule has 1 saturated carbocycles. The van der Waals surface area contributed by atoms with Gasteiger partial charge < -0.3 is 15.3 Å². The second-order valence-corrected chi connectivity index (χ2v) is 9.87. The number of nitrogens with one attached hydrogen (secondary N) is 1. The van der Waals surface area contributed by atoms with Gasteiger partial charge in [-0.2, -0.15) is 0 Å². The van der Waals surface area contributed by atoms with Crippen LogP contribution in [0.15, 0.2) is 72.8 Å². The largest absolute Gasteiger partial charge is 0.481 e. The monoisotopic (exact) mass is 470 g/mol. The van der Waals surface area contributed by atoms with Crippen molar-refractivity contribution in [3.05, 3.63) is 83.9 Å². The number of benzene rings is 3. The lowest BCUT2D eigenvalue weighted by atomic mass is 9.77. The molecule has 174 valence electrons. The zero-order chi connectivity index (χ0) is 23.5. The quantitative estimate of drug-likeness (QED) is 0.399. The van der Waals surface area contributed by atoms with E-state index in [1.807, 2.05) is 30.3 Å². The van der Waals surface area contributed by atoms with E-state index in [-0.39, 0.29) is 0 Å². The zero-order valence-electron chi connectivity index (χ0n) is 19.2. The van der Waals surface area contributed by atoms with Crippen LogP contribution in [0.3, 0.4) is 0 Å². The van der Waals surface area contributed by atoms with Crippen LogP contribution >= 0.6 is 12.2 Å². The Bertz CT molecular complexity index is 1170. The minimum absolute atomic E-state index is 0.314. The minimum atomic E-state index is -0.667. The first-order valence-electron chi connectivity index (χ1n) is 12.2. The van der Waals surface area contributed by atoms with Crippen molar-refractivity contribution in [2.45, 2.75) is 44.4 Å². The summed E-state index contributed by atoms with van der Waals surface area (Å²) in [7, 11) is 0. The van der Waals surface area contributed by atoms with Gasteiger partial charge in [-0.1, -0.05) is 48.5 Å². The number of carboxylic acids is 1. The number of fused-ring (bicyclic) bond motifs is 1. The van der Waals surface area contributed by atoms with E-state index in [0.29, 0.717) is 18.3 Å². The van der Waals surface area contributed by atoms with Crippen LogP contribution in [0, 0.1) is 5.92 Å². The number of hydrogen-bond donors (Lipinski definition) is 2. The average molecular weight is 471 g/mol. The lowest BCUT2D eigenvalue weighted by Gasteiger charge is -2.28. The SMILES string of the molecule is O=C(O)C[C@H]1CC[C@H](c2ccc(-c3ccc4c(c3)CCN4C(=S)Nc3ccccc3)cc2)CC1. The summed E-state index contributed by atoms with van der Waals surface area (Å²) in [5.41, 5.74) is 7.37. The Balaban J connectivity index is 1.24. The predicted molar refractivity (Wildman–Crippen MR) is 143 cm³/mol. The molecule has 3 aromatic rings. The molecule has 1 heterocycles. The molecule has 2 N–H and O–H groups in total. The molecule has 0 aromatic heterocycles. The van der Waals surface area contributed by atoms with Crippen molar-refractivity contribution in [1.82, 2.24) is 0 Å². The fourth-order valence-electron chi connectivity index (χ4n) is 5.40. The smallest absolute Gasteiger partial charge is 0.303 e. The Morgan fingerprint density at radius 3 is 2.35 bits per heavy atom. The van der Waals surface area contributed by atoms with Crippen molar-refractivity contribution in [3.63, 3.8) is 0 Å². The number of para-hydroxylation sites is 1. The molecule has 5 heteroatoms. The molecule has 5 rings (SSSR count). The number of aliphatic carboxylic acids is 1. The molecule has 0 amide bonds. The topological polar surface area (TPSA) is 52.6 Å². The van der Waals surface area contributed by atoms with Crippen LogP contribution < -0.4 is 10.2 Å². The lowest BCUT2D eigenvalue weighted by molar-refractivity contribution is -0.138. The van der Waals surface area contributed by atoms with Gasteiger partial charge in [0.15, 0.2) is 5.11 Å². The first-order valence-corrected chi connectivity index (χ1v) is 12.6. The predicted octanol–water partition coefficient (Wildman–Crippen LogP) is 6.86. The Hall–Kier alpha value is -3.18. The van der Waals surface area contributed by atoms with Gasteiger partial charge in [0, 0.05) is 24.3 Å². The van der Waals surface area contributed by atoms with Crippen molar-refractivity contribution >= 4 is 34.7 Å². The van der Waals surface area contributed by atoms with Gasteiger partial charge in [0.2, 0.25) is 0 Å². The van der Waals surface area contributed by atoms with E-state index >= 15 is 0 Å². The molecule has 2 aliphatic rings. The number of anilines is 2. The van der Waals surface area contributed by atoms with Crippen LogP contribution in [0.2, 0.25) is 0 Å². The maximum Gasteiger partial charge on any atom is 0.303 e.